The molecule has 1 atom stereocenters. The fraction of sp³-hybridized carbons (Fsp3) is 0.588. The van der Waals surface area contributed by atoms with Gasteiger partial charge in [-0.25, -0.2) is 0 Å². The molecule has 1 fully saturated rings. The number of nitrogens with zero attached hydrogens (tertiary/aromatic N) is 3. The minimum atomic E-state index is -2.80. The average molecular weight is 468 g/mol. The molecule has 1 saturated heterocycles. The van der Waals surface area contributed by atoms with Gasteiger partial charge in [0.25, 0.3) is 0 Å². The first kappa shape index (κ1) is 21.9. The van der Waals surface area contributed by atoms with Crippen molar-refractivity contribution in [3.63, 3.8) is 0 Å². The lowest BCUT2D eigenvalue weighted by molar-refractivity contribution is -0.0498. The molecule has 8 heteroatoms. The molecule has 1 aromatic carbocycles. The Labute approximate surface area is 165 Å². The van der Waals surface area contributed by atoms with Crippen LogP contribution in [0.4, 0.5) is 8.78 Å². The highest BCUT2D eigenvalue weighted by Gasteiger charge is 2.21. The summed E-state index contributed by atoms with van der Waals surface area (Å²) in [5.74, 6) is 0.992. The van der Waals surface area contributed by atoms with E-state index in [2.05, 4.69) is 27.0 Å². The van der Waals surface area contributed by atoms with Crippen molar-refractivity contribution < 1.29 is 13.5 Å². The van der Waals surface area contributed by atoms with Crippen LogP contribution < -0.4 is 10.1 Å². The van der Waals surface area contributed by atoms with Crippen molar-refractivity contribution in [2.75, 3.05) is 34.2 Å². The molecule has 0 aromatic heterocycles. The molecule has 25 heavy (non-hydrogen) atoms. The number of likely N-dealkylation sites (N-methyl/N-ethyl adjacent to an activating group) is 1. The lowest BCUT2D eigenvalue weighted by Gasteiger charge is -2.25. The van der Waals surface area contributed by atoms with E-state index in [4.69, 9.17) is 0 Å². The zero-order valence-corrected chi connectivity index (χ0v) is 17.2. The first-order chi connectivity index (χ1) is 11.5. The first-order valence-corrected chi connectivity index (χ1v) is 8.15. The Morgan fingerprint density at radius 2 is 2.08 bits per heavy atom. The molecular weight excluding hydrogens is 441 g/mol. The number of halogens is 3. The lowest BCUT2D eigenvalue weighted by Crippen LogP contribution is -2.44. The Balaban J connectivity index is 0.00000312. The molecule has 1 unspecified atom stereocenters. The van der Waals surface area contributed by atoms with Crippen molar-refractivity contribution in [2.24, 2.45) is 4.99 Å². The van der Waals surface area contributed by atoms with E-state index in [0.29, 0.717) is 12.6 Å². The Bertz CT molecular complexity index is 542. The summed E-state index contributed by atoms with van der Waals surface area (Å²) < 4.78 is 28.7. The topological polar surface area (TPSA) is 40.1 Å². The van der Waals surface area contributed by atoms with Crippen LogP contribution in [0.2, 0.25) is 0 Å². The standard InChI is InChI=1S/C17H26F2N4O.HI/c1-20-17(21-11-14-5-4-10-22(14)2)23(3)12-13-6-8-15(9-7-13)24-16(18)19;/h6-9,14,16H,4-5,10-12H2,1-3H3,(H,20,21);1H. The van der Waals surface area contributed by atoms with Gasteiger partial charge in [0.2, 0.25) is 0 Å². The van der Waals surface area contributed by atoms with Gasteiger partial charge in [-0.05, 0) is 44.1 Å². The Morgan fingerprint density at radius 3 is 2.60 bits per heavy atom. The van der Waals surface area contributed by atoms with E-state index in [1.807, 2.05) is 11.9 Å². The molecular formula is C17H27F2IN4O. The third kappa shape index (κ3) is 6.93. The molecule has 1 heterocycles. The maximum Gasteiger partial charge on any atom is 0.387 e. The maximum atomic E-state index is 12.2. The van der Waals surface area contributed by atoms with Gasteiger partial charge in [-0.2, -0.15) is 8.78 Å². The van der Waals surface area contributed by atoms with E-state index in [1.54, 1.807) is 31.3 Å². The fourth-order valence-electron chi connectivity index (χ4n) is 2.96. The molecule has 0 saturated carbocycles. The normalized spacial score (nSPS) is 18.2. The van der Waals surface area contributed by atoms with Gasteiger partial charge in [-0.15, -0.1) is 24.0 Å². The van der Waals surface area contributed by atoms with Gasteiger partial charge in [-0.1, -0.05) is 12.1 Å². The summed E-state index contributed by atoms with van der Waals surface area (Å²) in [5.41, 5.74) is 1.00. The third-order valence-corrected chi connectivity index (χ3v) is 4.31. The Kier molecular flexibility index (Phi) is 9.41. The van der Waals surface area contributed by atoms with Crippen molar-refractivity contribution in [3.05, 3.63) is 29.8 Å². The zero-order valence-electron chi connectivity index (χ0n) is 14.9. The second-order valence-electron chi connectivity index (χ2n) is 6.08. The van der Waals surface area contributed by atoms with Crippen LogP contribution in [0.25, 0.3) is 0 Å². The van der Waals surface area contributed by atoms with Gasteiger partial charge < -0.3 is 19.9 Å². The molecule has 0 amide bonds. The largest absolute Gasteiger partial charge is 0.435 e. The van der Waals surface area contributed by atoms with Crippen LogP contribution in [0.5, 0.6) is 5.75 Å². The molecule has 1 aliphatic heterocycles. The Morgan fingerprint density at radius 1 is 1.40 bits per heavy atom. The quantitative estimate of drug-likeness (QED) is 0.396. The molecule has 1 aliphatic rings. The van der Waals surface area contributed by atoms with Gasteiger partial charge >= 0.3 is 6.61 Å². The van der Waals surface area contributed by atoms with Crippen molar-refractivity contribution in [1.29, 1.82) is 0 Å². The van der Waals surface area contributed by atoms with Crippen LogP contribution in [-0.4, -0.2) is 62.6 Å². The summed E-state index contributed by atoms with van der Waals surface area (Å²) in [7, 11) is 5.86. The second-order valence-corrected chi connectivity index (χ2v) is 6.08. The highest BCUT2D eigenvalue weighted by molar-refractivity contribution is 14.0. The summed E-state index contributed by atoms with van der Waals surface area (Å²) in [6.07, 6.45) is 2.44. The second kappa shape index (κ2) is 10.7. The predicted octanol–water partition coefficient (Wildman–Crippen LogP) is 3.01. The summed E-state index contributed by atoms with van der Waals surface area (Å²) >= 11 is 0. The Hall–Kier alpha value is -1.16. The smallest absolute Gasteiger partial charge is 0.387 e. The SMILES string of the molecule is CN=C(NCC1CCCN1C)N(C)Cc1ccc(OC(F)F)cc1.I. The lowest BCUT2D eigenvalue weighted by atomic mass is 10.2. The minimum absolute atomic E-state index is 0. The summed E-state index contributed by atoms with van der Waals surface area (Å²) in [4.78, 5) is 8.69. The number of alkyl halides is 2. The van der Waals surface area contributed by atoms with E-state index >= 15 is 0 Å². The molecule has 0 aliphatic carbocycles. The fourth-order valence-corrected chi connectivity index (χ4v) is 2.96. The molecule has 0 radical (unpaired) electrons. The van der Waals surface area contributed by atoms with Crippen LogP contribution in [0.15, 0.2) is 29.3 Å². The highest BCUT2D eigenvalue weighted by atomic mass is 127. The van der Waals surface area contributed by atoms with Crippen molar-refractivity contribution >= 4 is 29.9 Å². The van der Waals surface area contributed by atoms with Gasteiger partial charge in [0, 0.05) is 33.2 Å². The van der Waals surface area contributed by atoms with Crippen molar-refractivity contribution in [3.8, 4) is 5.75 Å². The number of rotatable bonds is 6. The molecule has 0 bridgehead atoms. The van der Waals surface area contributed by atoms with Crippen LogP contribution in [-0.2, 0) is 6.54 Å². The zero-order chi connectivity index (χ0) is 17.5. The predicted molar refractivity (Wildman–Crippen MR) is 107 cm³/mol. The number of hydrogen-bond acceptors (Lipinski definition) is 3. The van der Waals surface area contributed by atoms with E-state index in [9.17, 15) is 8.78 Å². The van der Waals surface area contributed by atoms with Gasteiger partial charge in [0.1, 0.15) is 5.75 Å². The summed E-state index contributed by atoms with van der Waals surface area (Å²) in [6.45, 7) is -0.146. The van der Waals surface area contributed by atoms with Crippen LogP contribution >= 0.6 is 24.0 Å². The van der Waals surface area contributed by atoms with Crippen LogP contribution in [0.1, 0.15) is 18.4 Å². The summed E-state index contributed by atoms with van der Waals surface area (Å²) in [6, 6.07) is 7.22. The molecule has 0 spiro atoms. The number of benzene rings is 1. The number of guanidine groups is 1. The third-order valence-electron chi connectivity index (χ3n) is 4.31. The maximum absolute atomic E-state index is 12.2. The number of likely N-dealkylation sites (tertiary alicyclic amines) is 1. The van der Waals surface area contributed by atoms with E-state index < -0.39 is 6.61 Å². The molecule has 5 nitrogen and oxygen atoms in total. The molecule has 2 rings (SSSR count). The average Bonchev–Trinajstić information content (AvgIpc) is 2.95. The summed E-state index contributed by atoms with van der Waals surface area (Å²) in [5, 5.41) is 3.41. The number of ether oxygens (including phenoxy) is 1. The highest BCUT2D eigenvalue weighted by Crippen LogP contribution is 2.16. The number of hydrogen-bond donors (Lipinski definition) is 1. The molecule has 1 N–H and O–H groups in total. The monoisotopic (exact) mass is 468 g/mol. The number of aliphatic imine (C=N–C) groups is 1. The van der Waals surface area contributed by atoms with Crippen LogP contribution in [0.3, 0.4) is 0 Å². The van der Waals surface area contributed by atoms with Gasteiger partial charge in [0.15, 0.2) is 5.96 Å². The first-order valence-electron chi connectivity index (χ1n) is 8.15. The molecule has 1 aromatic rings. The van der Waals surface area contributed by atoms with E-state index in [-0.39, 0.29) is 29.7 Å². The van der Waals surface area contributed by atoms with Crippen molar-refractivity contribution in [2.45, 2.75) is 32.0 Å². The van der Waals surface area contributed by atoms with Gasteiger partial charge in [-0.3, -0.25) is 4.99 Å². The number of nitrogens with one attached hydrogen (secondary N) is 1. The van der Waals surface area contributed by atoms with Gasteiger partial charge in [0.05, 0.1) is 0 Å². The van der Waals surface area contributed by atoms with Crippen LogP contribution in [0, 0.1) is 0 Å². The molecule has 142 valence electrons. The van der Waals surface area contributed by atoms with Crippen molar-refractivity contribution in [1.82, 2.24) is 15.1 Å². The van der Waals surface area contributed by atoms with E-state index in [1.165, 1.54) is 12.8 Å². The minimum Gasteiger partial charge on any atom is -0.435 e. The van der Waals surface area contributed by atoms with E-state index in [0.717, 1.165) is 24.6 Å².